The predicted molar refractivity (Wildman–Crippen MR) is 67.3 cm³/mol. The molecule has 3 heteroatoms. The van der Waals surface area contributed by atoms with E-state index >= 15 is 0 Å². The van der Waals surface area contributed by atoms with Gasteiger partial charge < -0.3 is 9.73 Å². The van der Waals surface area contributed by atoms with Crippen LogP contribution in [-0.2, 0) is 13.1 Å². The molecule has 1 rings (SSSR count). The Morgan fingerprint density at radius 2 is 2.00 bits per heavy atom. The SMILES string of the molecule is CCN(Cc1ccc(CNC)o1)CC(C)C. The summed E-state index contributed by atoms with van der Waals surface area (Å²) in [6.45, 7) is 10.6. The summed E-state index contributed by atoms with van der Waals surface area (Å²) < 4.78 is 5.73. The van der Waals surface area contributed by atoms with Gasteiger partial charge in [-0.25, -0.2) is 0 Å². The number of hydrogen-bond acceptors (Lipinski definition) is 3. The molecule has 0 unspecified atom stereocenters. The summed E-state index contributed by atoms with van der Waals surface area (Å²) >= 11 is 0. The Morgan fingerprint density at radius 3 is 2.56 bits per heavy atom. The van der Waals surface area contributed by atoms with E-state index < -0.39 is 0 Å². The van der Waals surface area contributed by atoms with Gasteiger partial charge in [0.15, 0.2) is 0 Å². The van der Waals surface area contributed by atoms with Crippen LogP contribution in [0.15, 0.2) is 16.5 Å². The van der Waals surface area contributed by atoms with Gasteiger partial charge in [0.2, 0.25) is 0 Å². The molecule has 1 N–H and O–H groups in total. The molecule has 1 aromatic rings. The zero-order valence-electron chi connectivity index (χ0n) is 10.9. The van der Waals surface area contributed by atoms with E-state index in [-0.39, 0.29) is 0 Å². The summed E-state index contributed by atoms with van der Waals surface area (Å²) in [4.78, 5) is 2.41. The molecule has 0 radical (unpaired) electrons. The molecule has 0 aromatic carbocycles. The van der Waals surface area contributed by atoms with E-state index in [1.807, 2.05) is 7.05 Å². The summed E-state index contributed by atoms with van der Waals surface area (Å²) in [5.41, 5.74) is 0. The van der Waals surface area contributed by atoms with Crippen LogP contribution in [0.25, 0.3) is 0 Å². The number of nitrogens with zero attached hydrogens (tertiary/aromatic N) is 1. The number of furan rings is 1. The molecule has 0 amide bonds. The molecule has 0 aliphatic carbocycles. The molecule has 0 bridgehead atoms. The molecule has 3 nitrogen and oxygen atoms in total. The van der Waals surface area contributed by atoms with Crippen LogP contribution in [-0.4, -0.2) is 25.0 Å². The maximum Gasteiger partial charge on any atom is 0.118 e. The third kappa shape index (κ3) is 4.37. The fourth-order valence-electron chi connectivity index (χ4n) is 1.82. The van der Waals surface area contributed by atoms with Gasteiger partial charge in [-0.05, 0) is 31.6 Å². The highest BCUT2D eigenvalue weighted by Gasteiger charge is 2.08. The Morgan fingerprint density at radius 1 is 1.31 bits per heavy atom. The van der Waals surface area contributed by atoms with E-state index in [4.69, 9.17) is 4.42 Å². The molecular weight excluding hydrogens is 200 g/mol. The van der Waals surface area contributed by atoms with Gasteiger partial charge in [0.25, 0.3) is 0 Å². The second-order valence-electron chi connectivity index (χ2n) is 4.62. The first-order valence-corrected chi connectivity index (χ1v) is 6.10. The van der Waals surface area contributed by atoms with Crippen molar-refractivity contribution in [3.8, 4) is 0 Å². The fraction of sp³-hybridized carbons (Fsp3) is 0.692. The lowest BCUT2D eigenvalue weighted by Gasteiger charge is -2.21. The number of hydrogen-bond donors (Lipinski definition) is 1. The van der Waals surface area contributed by atoms with Gasteiger partial charge in [-0.3, -0.25) is 4.90 Å². The number of rotatable bonds is 7. The normalized spacial score (nSPS) is 11.6. The molecule has 0 atom stereocenters. The Kier molecular flexibility index (Phi) is 5.56. The van der Waals surface area contributed by atoms with Gasteiger partial charge in [0.1, 0.15) is 11.5 Å². The molecule has 0 spiro atoms. The molecule has 1 heterocycles. The molecular formula is C13H24N2O. The maximum atomic E-state index is 5.73. The second kappa shape index (κ2) is 6.71. The summed E-state index contributed by atoms with van der Waals surface area (Å²) in [7, 11) is 1.93. The minimum Gasteiger partial charge on any atom is -0.463 e. The maximum absolute atomic E-state index is 5.73. The Labute approximate surface area is 98.8 Å². The van der Waals surface area contributed by atoms with E-state index in [1.165, 1.54) is 0 Å². The summed E-state index contributed by atoms with van der Waals surface area (Å²) in [5.74, 6) is 2.78. The molecule has 16 heavy (non-hydrogen) atoms. The first kappa shape index (κ1) is 13.3. The van der Waals surface area contributed by atoms with Crippen LogP contribution < -0.4 is 5.32 Å². The van der Waals surface area contributed by atoms with Gasteiger partial charge in [-0.2, -0.15) is 0 Å². The second-order valence-corrected chi connectivity index (χ2v) is 4.62. The monoisotopic (exact) mass is 224 g/mol. The van der Waals surface area contributed by atoms with Crippen LogP contribution in [0.5, 0.6) is 0 Å². The summed E-state index contributed by atoms with van der Waals surface area (Å²) in [6, 6.07) is 4.13. The van der Waals surface area contributed by atoms with Crippen LogP contribution in [0, 0.1) is 5.92 Å². The van der Waals surface area contributed by atoms with Crippen molar-refractivity contribution in [1.29, 1.82) is 0 Å². The zero-order chi connectivity index (χ0) is 12.0. The fourth-order valence-corrected chi connectivity index (χ4v) is 1.82. The van der Waals surface area contributed by atoms with E-state index in [2.05, 4.69) is 43.1 Å². The Balaban J connectivity index is 2.49. The van der Waals surface area contributed by atoms with Gasteiger partial charge in [0, 0.05) is 6.54 Å². The van der Waals surface area contributed by atoms with Crippen molar-refractivity contribution in [1.82, 2.24) is 10.2 Å². The third-order valence-electron chi connectivity index (χ3n) is 2.52. The topological polar surface area (TPSA) is 28.4 Å². The zero-order valence-corrected chi connectivity index (χ0v) is 10.9. The van der Waals surface area contributed by atoms with Gasteiger partial charge >= 0.3 is 0 Å². The average Bonchev–Trinajstić information content (AvgIpc) is 2.64. The van der Waals surface area contributed by atoms with E-state index in [0.29, 0.717) is 5.92 Å². The summed E-state index contributed by atoms with van der Waals surface area (Å²) in [5, 5.41) is 3.09. The van der Waals surface area contributed by atoms with Gasteiger partial charge in [-0.1, -0.05) is 20.8 Å². The standard InChI is InChI=1S/C13H24N2O/c1-5-15(9-11(2)3)10-13-7-6-12(16-13)8-14-4/h6-7,11,14H,5,8-10H2,1-4H3. The lowest BCUT2D eigenvalue weighted by molar-refractivity contribution is 0.227. The Bertz CT molecular complexity index is 294. The smallest absolute Gasteiger partial charge is 0.118 e. The van der Waals surface area contributed by atoms with Crippen LogP contribution >= 0.6 is 0 Å². The van der Waals surface area contributed by atoms with Crippen molar-refractivity contribution in [2.75, 3.05) is 20.1 Å². The van der Waals surface area contributed by atoms with Crippen LogP contribution in [0.3, 0.4) is 0 Å². The predicted octanol–water partition coefficient (Wildman–Crippen LogP) is 2.48. The van der Waals surface area contributed by atoms with Crippen LogP contribution in [0.2, 0.25) is 0 Å². The van der Waals surface area contributed by atoms with Crippen molar-refractivity contribution in [3.63, 3.8) is 0 Å². The molecule has 0 aliphatic heterocycles. The Hall–Kier alpha value is -0.800. The van der Waals surface area contributed by atoms with Crippen molar-refractivity contribution in [2.45, 2.75) is 33.9 Å². The van der Waals surface area contributed by atoms with E-state index in [0.717, 1.165) is 37.7 Å². The minimum atomic E-state index is 0.701. The molecule has 0 saturated heterocycles. The van der Waals surface area contributed by atoms with Crippen molar-refractivity contribution < 1.29 is 4.42 Å². The average molecular weight is 224 g/mol. The first-order chi connectivity index (χ1) is 7.65. The highest BCUT2D eigenvalue weighted by atomic mass is 16.3. The lowest BCUT2D eigenvalue weighted by Crippen LogP contribution is -2.26. The highest BCUT2D eigenvalue weighted by Crippen LogP contribution is 2.11. The minimum absolute atomic E-state index is 0.701. The van der Waals surface area contributed by atoms with Crippen LogP contribution in [0.4, 0.5) is 0 Å². The highest BCUT2D eigenvalue weighted by molar-refractivity contribution is 5.06. The molecule has 0 saturated carbocycles. The molecule has 0 fully saturated rings. The number of nitrogens with one attached hydrogen (secondary N) is 1. The van der Waals surface area contributed by atoms with Crippen molar-refractivity contribution in [2.24, 2.45) is 5.92 Å². The summed E-state index contributed by atoms with van der Waals surface area (Å²) in [6.07, 6.45) is 0. The van der Waals surface area contributed by atoms with Gasteiger partial charge in [0.05, 0.1) is 13.1 Å². The third-order valence-corrected chi connectivity index (χ3v) is 2.52. The van der Waals surface area contributed by atoms with E-state index in [9.17, 15) is 0 Å². The molecule has 1 aromatic heterocycles. The van der Waals surface area contributed by atoms with E-state index in [1.54, 1.807) is 0 Å². The largest absolute Gasteiger partial charge is 0.463 e. The quantitative estimate of drug-likeness (QED) is 0.771. The van der Waals surface area contributed by atoms with Crippen molar-refractivity contribution >= 4 is 0 Å². The van der Waals surface area contributed by atoms with Gasteiger partial charge in [-0.15, -0.1) is 0 Å². The molecule has 92 valence electrons. The first-order valence-electron chi connectivity index (χ1n) is 6.10. The van der Waals surface area contributed by atoms with Crippen LogP contribution in [0.1, 0.15) is 32.3 Å². The van der Waals surface area contributed by atoms with Crippen molar-refractivity contribution in [3.05, 3.63) is 23.7 Å². The lowest BCUT2D eigenvalue weighted by atomic mass is 10.2. The molecule has 0 aliphatic rings.